The molecule has 0 aliphatic heterocycles. The fourth-order valence-corrected chi connectivity index (χ4v) is 3.40. The topological polar surface area (TPSA) is 145 Å². The van der Waals surface area contributed by atoms with Gasteiger partial charge in [-0.15, -0.1) is 0 Å². The van der Waals surface area contributed by atoms with Gasteiger partial charge in [-0.25, -0.2) is 19.4 Å². The number of guanidine groups is 1. The van der Waals surface area contributed by atoms with E-state index < -0.39 is 35.5 Å². The Labute approximate surface area is 241 Å². The molecular weight excluding hydrogens is 530 g/mol. The van der Waals surface area contributed by atoms with Gasteiger partial charge in [0.05, 0.1) is 12.3 Å². The number of carbonyl (C=O) groups is 3. The van der Waals surface area contributed by atoms with E-state index in [1.54, 1.807) is 72.7 Å². The van der Waals surface area contributed by atoms with E-state index in [2.05, 4.69) is 15.6 Å². The Morgan fingerprint density at radius 2 is 1.34 bits per heavy atom. The molecule has 3 N–H and O–H groups in total. The second-order valence-corrected chi connectivity index (χ2v) is 11.1. The summed E-state index contributed by atoms with van der Waals surface area (Å²) in [6, 6.07) is 14.5. The van der Waals surface area contributed by atoms with Crippen LogP contribution in [0.15, 0.2) is 53.5 Å². The molecule has 224 valence electrons. The molecule has 0 saturated carbocycles. The molecule has 2 aromatic rings. The largest absolute Gasteiger partial charge is 0.493 e. The zero-order valence-electron chi connectivity index (χ0n) is 24.8. The normalized spacial score (nSPS) is 12.1. The fraction of sp³-hybridized carbons (Fsp3) is 0.467. The van der Waals surface area contributed by atoms with Crippen LogP contribution in [-0.4, -0.2) is 59.7 Å². The number of carboxylic acids is 1. The van der Waals surface area contributed by atoms with Gasteiger partial charge in [0.25, 0.3) is 0 Å². The molecule has 11 heteroatoms. The van der Waals surface area contributed by atoms with E-state index >= 15 is 0 Å². The fourth-order valence-electron chi connectivity index (χ4n) is 3.40. The monoisotopic (exact) mass is 571 g/mol. The smallest absolute Gasteiger partial charge is 0.414 e. The van der Waals surface area contributed by atoms with Crippen LogP contribution in [0.25, 0.3) is 0 Å². The van der Waals surface area contributed by atoms with Crippen molar-refractivity contribution in [1.82, 2.24) is 10.6 Å². The van der Waals surface area contributed by atoms with E-state index in [-0.39, 0.29) is 12.4 Å². The lowest BCUT2D eigenvalue weighted by atomic mass is 10.1. The number of rotatable bonds is 10. The number of nitrogens with zero attached hydrogens (tertiary/aromatic N) is 1. The van der Waals surface area contributed by atoms with Gasteiger partial charge in [-0.3, -0.25) is 10.6 Å². The van der Waals surface area contributed by atoms with Crippen LogP contribution in [0, 0.1) is 0 Å². The van der Waals surface area contributed by atoms with Gasteiger partial charge in [-0.05, 0) is 83.9 Å². The molecular formula is C30H41N3O8. The van der Waals surface area contributed by atoms with Crippen molar-refractivity contribution in [2.45, 2.75) is 78.6 Å². The van der Waals surface area contributed by atoms with Crippen LogP contribution in [0.5, 0.6) is 5.75 Å². The molecule has 0 aliphatic rings. The van der Waals surface area contributed by atoms with Gasteiger partial charge < -0.3 is 24.1 Å². The molecule has 0 radical (unpaired) electrons. The van der Waals surface area contributed by atoms with E-state index in [0.717, 1.165) is 11.1 Å². The highest BCUT2D eigenvalue weighted by Crippen LogP contribution is 2.17. The number of amides is 2. The highest BCUT2D eigenvalue weighted by atomic mass is 16.6. The summed E-state index contributed by atoms with van der Waals surface area (Å²) in [6.07, 6.45) is -1.52. The Morgan fingerprint density at radius 3 is 1.80 bits per heavy atom. The van der Waals surface area contributed by atoms with Crippen LogP contribution in [0.1, 0.15) is 59.6 Å². The number of hydrogen-bond acceptors (Lipinski definition) is 8. The predicted octanol–water partition coefficient (Wildman–Crippen LogP) is 5.38. The van der Waals surface area contributed by atoms with Crippen molar-refractivity contribution in [2.24, 2.45) is 4.99 Å². The third-order valence-corrected chi connectivity index (χ3v) is 5.06. The first-order valence-electron chi connectivity index (χ1n) is 13.4. The SMILES string of the molecule is CCOC(Cc1ccc(OCCc2ccc(N=C(NC(=O)OC(C)(C)C)NC(=O)OC(C)(C)C)cc2)cc1)C(=O)O. The van der Waals surface area contributed by atoms with Gasteiger partial charge in [0.1, 0.15) is 17.0 Å². The van der Waals surface area contributed by atoms with Gasteiger partial charge in [-0.1, -0.05) is 24.3 Å². The van der Waals surface area contributed by atoms with Gasteiger partial charge >= 0.3 is 18.2 Å². The summed E-state index contributed by atoms with van der Waals surface area (Å²) in [5, 5.41) is 14.2. The van der Waals surface area contributed by atoms with Crippen molar-refractivity contribution in [1.29, 1.82) is 0 Å². The standard InChI is InChI=1S/C30H41N3O8/c1-8-38-24(25(34)35)19-21-11-15-23(16-12-21)39-18-17-20-9-13-22(14-10-20)31-26(32-27(36)40-29(2,3)4)33-28(37)41-30(5,6)7/h9-16,24H,8,17-19H2,1-7H3,(H,34,35)(H2,31,32,33,36,37). The van der Waals surface area contributed by atoms with Gasteiger partial charge in [-0.2, -0.15) is 0 Å². The summed E-state index contributed by atoms with van der Waals surface area (Å²) in [7, 11) is 0. The van der Waals surface area contributed by atoms with Gasteiger partial charge in [0, 0.05) is 19.4 Å². The third kappa shape index (κ3) is 13.7. The molecule has 0 bridgehead atoms. The van der Waals surface area contributed by atoms with E-state index in [0.29, 0.717) is 31.1 Å². The van der Waals surface area contributed by atoms with E-state index in [4.69, 9.17) is 18.9 Å². The molecule has 0 aromatic heterocycles. The summed E-state index contributed by atoms with van der Waals surface area (Å²) in [5.41, 5.74) is 0.846. The maximum absolute atomic E-state index is 12.3. The molecule has 0 aliphatic carbocycles. The van der Waals surface area contributed by atoms with Crippen molar-refractivity contribution < 1.29 is 38.4 Å². The van der Waals surface area contributed by atoms with Gasteiger partial charge in [0.15, 0.2) is 6.10 Å². The number of carboxylic acid groups (broad SMARTS) is 1. The highest BCUT2D eigenvalue weighted by molar-refractivity contribution is 6.02. The first-order valence-corrected chi connectivity index (χ1v) is 13.4. The first-order chi connectivity index (χ1) is 19.1. The van der Waals surface area contributed by atoms with Crippen LogP contribution in [0.2, 0.25) is 0 Å². The Balaban J connectivity index is 1.99. The third-order valence-electron chi connectivity index (χ3n) is 5.06. The molecule has 2 amide bonds. The van der Waals surface area contributed by atoms with Crippen LogP contribution in [0.4, 0.5) is 15.3 Å². The Morgan fingerprint density at radius 1 is 0.829 bits per heavy atom. The second kappa shape index (κ2) is 15.0. The lowest BCUT2D eigenvalue weighted by molar-refractivity contribution is -0.149. The lowest BCUT2D eigenvalue weighted by Gasteiger charge is -2.22. The molecule has 41 heavy (non-hydrogen) atoms. The quantitative estimate of drug-likeness (QED) is 0.255. The van der Waals surface area contributed by atoms with E-state index in [1.807, 2.05) is 24.3 Å². The Bertz CT molecular complexity index is 1150. The molecule has 0 heterocycles. The van der Waals surface area contributed by atoms with Crippen LogP contribution < -0.4 is 15.4 Å². The zero-order valence-corrected chi connectivity index (χ0v) is 24.8. The number of carbonyl (C=O) groups excluding carboxylic acids is 2. The number of alkyl carbamates (subject to hydrolysis) is 2. The summed E-state index contributed by atoms with van der Waals surface area (Å²) in [6.45, 7) is 12.9. The molecule has 1 atom stereocenters. The van der Waals surface area contributed by atoms with E-state index in [1.165, 1.54) is 0 Å². The maximum Gasteiger partial charge on any atom is 0.414 e. The number of ether oxygens (including phenoxy) is 4. The minimum atomic E-state index is -0.987. The van der Waals surface area contributed by atoms with Crippen LogP contribution >= 0.6 is 0 Å². The molecule has 11 nitrogen and oxygen atoms in total. The lowest BCUT2D eigenvalue weighted by Crippen LogP contribution is -2.47. The molecule has 0 saturated heterocycles. The summed E-state index contributed by atoms with van der Waals surface area (Å²) >= 11 is 0. The maximum atomic E-state index is 12.3. The minimum Gasteiger partial charge on any atom is -0.493 e. The van der Waals surface area contributed by atoms with Crippen LogP contribution in [0.3, 0.4) is 0 Å². The van der Waals surface area contributed by atoms with Crippen molar-refractivity contribution in [2.75, 3.05) is 13.2 Å². The second-order valence-electron chi connectivity index (χ2n) is 11.1. The summed E-state index contributed by atoms with van der Waals surface area (Å²) in [4.78, 5) is 40.2. The van der Waals surface area contributed by atoms with Crippen molar-refractivity contribution in [3.05, 3.63) is 59.7 Å². The summed E-state index contributed by atoms with van der Waals surface area (Å²) < 4.78 is 21.6. The van der Waals surface area contributed by atoms with E-state index in [9.17, 15) is 19.5 Å². The molecule has 0 spiro atoms. The molecule has 0 fully saturated rings. The number of aliphatic carboxylic acids is 1. The van der Waals surface area contributed by atoms with Crippen LogP contribution in [-0.2, 0) is 31.8 Å². The number of benzene rings is 2. The van der Waals surface area contributed by atoms with Crippen molar-refractivity contribution >= 4 is 29.8 Å². The van der Waals surface area contributed by atoms with Crippen molar-refractivity contribution in [3.63, 3.8) is 0 Å². The summed E-state index contributed by atoms with van der Waals surface area (Å²) in [5.74, 6) is -0.452. The zero-order chi connectivity index (χ0) is 30.6. The predicted molar refractivity (Wildman–Crippen MR) is 155 cm³/mol. The Hall–Kier alpha value is -4.12. The Kier molecular flexibility index (Phi) is 12.1. The first kappa shape index (κ1) is 33.1. The average molecular weight is 572 g/mol. The number of nitrogens with one attached hydrogen (secondary N) is 2. The average Bonchev–Trinajstić information content (AvgIpc) is 2.83. The number of aliphatic imine (C=N–C) groups is 1. The minimum absolute atomic E-state index is 0.135. The molecule has 1 unspecified atom stereocenters. The highest BCUT2D eigenvalue weighted by Gasteiger charge is 2.21. The molecule has 2 rings (SSSR count). The van der Waals surface area contributed by atoms with Crippen molar-refractivity contribution in [3.8, 4) is 5.75 Å². The number of hydrogen-bond donors (Lipinski definition) is 3. The van der Waals surface area contributed by atoms with Gasteiger partial charge in [0.2, 0.25) is 5.96 Å². The molecule has 2 aromatic carbocycles.